The molecule has 0 atom stereocenters. The summed E-state index contributed by atoms with van der Waals surface area (Å²) in [7, 11) is -0.0149. The first-order valence-corrected chi connectivity index (χ1v) is 4.10. The first kappa shape index (κ1) is 9.05. The Labute approximate surface area is 80.5 Å². The highest BCUT2D eigenvalue weighted by atomic mass is 16.5. The standard InChI is InChI=1S/C8H9BN2O3/c1-14-7-3-2-6-8(11-7)5(4-10-6)9(12)13/h2-4,10,12-13H,1H3. The molecule has 0 saturated heterocycles. The minimum absolute atomic E-state index is 0.346. The van der Waals surface area contributed by atoms with E-state index in [0.717, 1.165) is 5.52 Å². The van der Waals surface area contributed by atoms with Crippen LogP contribution in [0.3, 0.4) is 0 Å². The molecular formula is C8H9BN2O3. The predicted molar refractivity (Wildman–Crippen MR) is 52.5 cm³/mol. The third-order valence-electron chi connectivity index (χ3n) is 2.01. The number of nitrogens with zero attached hydrogens (tertiary/aromatic N) is 1. The molecular weight excluding hydrogens is 183 g/mol. The van der Waals surface area contributed by atoms with Gasteiger partial charge in [0, 0.05) is 17.7 Å². The number of rotatable bonds is 2. The largest absolute Gasteiger partial charge is 0.492 e. The Kier molecular flexibility index (Phi) is 2.15. The van der Waals surface area contributed by atoms with Crippen LogP contribution in [0, 0.1) is 0 Å². The Morgan fingerprint density at radius 2 is 2.21 bits per heavy atom. The number of pyridine rings is 1. The van der Waals surface area contributed by atoms with Crippen LogP contribution in [0.1, 0.15) is 0 Å². The maximum absolute atomic E-state index is 9.03. The lowest BCUT2D eigenvalue weighted by Crippen LogP contribution is -2.29. The van der Waals surface area contributed by atoms with Crippen LogP contribution < -0.4 is 10.2 Å². The van der Waals surface area contributed by atoms with Crippen LogP contribution in [-0.4, -0.2) is 34.2 Å². The zero-order chi connectivity index (χ0) is 10.1. The topological polar surface area (TPSA) is 78.4 Å². The Hall–Kier alpha value is -1.53. The van der Waals surface area contributed by atoms with Crippen molar-refractivity contribution in [2.75, 3.05) is 7.11 Å². The van der Waals surface area contributed by atoms with Gasteiger partial charge in [0.05, 0.1) is 18.1 Å². The number of ether oxygens (including phenoxy) is 1. The molecule has 2 aromatic heterocycles. The van der Waals surface area contributed by atoms with E-state index in [1.807, 2.05) is 0 Å². The molecule has 0 aromatic carbocycles. The molecule has 2 rings (SSSR count). The molecule has 0 unspecified atom stereocenters. The van der Waals surface area contributed by atoms with Gasteiger partial charge in [0.1, 0.15) is 0 Å². The molecule has 2 aromatic rings. The van der Waals surface area contributed by atoms with Gasteiger partial charge in [-0.2, -0.15) is 0 Å². The smallest absolute Gasteiger partial charge is 0.481 e. The first-order valence-electron chi connectivity index (χ1n) is 4.10. The number of aromatic nitrogens is 2. The minimum Gasteiger partial charge on any atom is -0.481 e. The summed E-state index contributed by atoms with van der Waals surface area (Å²) in [5.41, 5.74) is 1.60. The Balaban J connectivity index is 2.63. The van der Waals surface area contributed by atoms with Gasteiger partial charge in [-0.05, 0) is 6.07 Å². The molecule has 72 valence electrons. The highest BCUT2D eigenvalue weighted by Gasteiger charge is 2.17. The molecule has 6 heteroatoms. The van der Waals surface area contributed by atoms with Crippen LogP contribution >= 0.6 is 0 Å². The van der Waals surface area contributed by atoms with Gasteiger partial charge in [0.2, 0.25) is 5.88 Å². The second kappa shape index (κ2) is 3.32. The normalized spacial score (nSPS) is 10.5. The number of aromatic amines is 1. The molecule has 0 bridgehead atoms. The average Bonchev–Trinajstić information content (AvgIpc) is 2.59. The first-order chi connectivity index (χ1) is 6.72. The molecule has 5 nitrogen and oxygen atoms in total. The van der Waals surface area contributed by atoms with Gasteiger partial charge in [-0.15, -0.1) is 0 Å². The molecule has 0 fully saturated rings. The molecule has 0 radical (unpaired) electrons. The molecule has 0 amide bonds. The predicted octanol–water partition coefficient (Wildman–Crippen LogP) is -0.749. The summed E-state index contributed by atoms with van der Waals surface area (Å²) in [5.74, 6) is 0.444. The van der Waals surface area contributed by atoms with Gasteiger partial charge >= 0.3 is 7.12 Å². The molecule has 14 heavy (non-hydrogen) atoms. The van der Waals surface area contributed by atoms with Gasteiger partial charge in [-0.1, -0.05) is 0 Å². The Morgan fingerprint density at radius 3 is 2.86 bits per heavy atom. The van der Waals surface area contributed by atoms with E-state index in [4.69, 9.17) is 14.8 Å². The van der Waals surface area contributed by atoms with Gasteiger partial charge in [-0.3, -0.25) is 0 Å². The third kappa shape index (κ3) is 1.34. The van der Waals surface area contributed by atoms with Crippen LogP contribution in [-0.2, 0) is 0 Å². The highest BCUT2D eigenvalue weighted by Crippen LogP contribution is 2.13. The minimum atomic E-state index is -1.52. The van der Waals surface area contributed by atoms with E-state index in [-0.39, 0.29) is 0 Å². The van der Waals surface area contributed by atoms with E-state index in [1.165, 1.54) is 13.3 Å². The lowest BCUT2D eigenvalue weighted by molar-refractivity contribution is 0.399. The van der Waals surface area contributed by atoms with Crippen LogP contribution in [0.5, 0.6) is 5.88 Å². The Bertz CT molecular complexity index is 455. The van der Waals surface area contributed by atoms with Crippen LogP contribution in [0.4, 0.5) is 0 Å². The van der Waals surface area contributed by atoms with Crippen LogP contribution in [0.25, 0.3) is 11.0 Å². The van der Waals surface area contributed by atoms with E-state index in [9.17, 15) is 0 Å². The van der Waals surface area contributed by atoms with Crippen molar-refractivity contribution in [1.82, 2.24) is 9.97 Å². The summed E-state index contributed by atoms with van der Waals surface area (Å²) >= 11 is 0. The van der Waals surface area contributed by atoms with E-state index in [0.29, 0.717) is 16.9 Å². The van der Waals surface area contributed by atoms with Crippen molar-refractivity contribution >= 4 is 23.6 Å². The molecule has 0 aliphatic heterocycles. The van der Waals surface area contributed by atoms with E-state index < -0.39 is 7.12 Å². The summed E-state index contributed by atoms with van der Waals surface area (Å²) in [6.45, 7) is 0. The van der Waals surface area contributed by atoms with Crippen molar-refractivity contribution in [3.8, 4) is 5.88 Å². The van der Waals surface area contributed by atoms with E-state index >= 15 is 0 Å². The number of methoxy groups -OCH3 is 1. The average molecular weight is 192 g/mol. The monoisotopic (exact) mass is 192 g/mol. The second-order valence-electron chi connectivity index (χ2n) is 2.87. The van der Waals surface area contributed by atoms with Crippen LogP contribution in [0.15, 0.2) is 18.3 Å². The van der Waals surface area contributed by atoms with Crippen molar-refractivity contribution in [3.05, 3.63) is 18.3 Å². The number of fused-ring (bicyclic) bond motifs is 1. The fraction of sp³-hybridized carbons (Fsp3) is 0.125. The maximum atomic E-state index is 9.03. The summed E-state index contributed by atoms with van der Waals surface area (Å²) < 4.78 is 4.94. The number of nitrogens with one attached hydrogen (secondary N) is 1. The van der Waals surface area contributed by atoms with Crippen molar-refractivity contribution in [1.29, 1.82) is 0 Å². The lowest BCUT2D eigenvalue weighted by atomic mass is 9.82. The number of H-pyrrole nitrogens is 1. The van der Waals surface area contributed by atoms with Gasteiger partial charge in [-0.25, -0.2) is 4.98 Å². The quantitative estimate of drug-likeness (QED) is 0.547. The SMILES string of the molecule is COc1ccc2[nH]cc(B(O)O)c2n1. The van der Waals surface area contributed by atoms with Gasteiger partial charge in [0.15, 0.2) is 0 Å². The summed E-state index contributed by atoms with van der Waals surface area (Å²) in [4.78, 5) is 6.98. The second-order valence-corrected chi connectivity index (χ2v) is 2.87. The third-order valence-corrected chi connectivity index (χ3v) is 2.01. The van der Waals surface area contributed by atoms with E-state index in [2.05, 4.69) is 9.97 Å². The van der Waals surface area contributed by atoms with Crippen molar-refractivity contribution in [2.24, 2.45) is 0 Å². The molecule has 0 aliphatic rings. The molecule has 2 heterocycles. The van der Waals surface area contributed by atoms with E-state index in [1.54, 1.807) is 12.1 Å². The summed E-state index contributed by atoms with van der Waals surface area (Å²) in [6, 6.07) is 3.47. The van der Waals surface area contributed by atoms with Gasteiger partial charge < -0.3 is 19.8 Å². The van der Waals surface area contributed by atoms with Gasteiger partial charge in [0.25, 0.3) is 0 Å². The zero-order valence-corrected chi connectivity index (χ0v) is 7.56. The number of hydrogen-bond acceptors (Lipinski definition) is 4. The molecule has 0 aliphatic carbocycles. The van der Waals surface area contributed by atoms with Crippen molar-refractivity contribution in [2.45, 2.75) is 0 Å². The fourth-order valence-corrected chi connectivity index (χ4v) is 1.31. The molecule has 0 saturated carbocycles. The fourth-order valence-electron chi connectivity index (χ4n) is 1.31. The highest BCUT2D eigenvalue weighted by molar-refractivity contribution is 6.61. The molecule has 0 spiro atoms. The van der Waals surface area contributed by atoms with Crippen molar-refractivity contribution in [3.63, 3.8) is 0 Å². The zero-order valence-electron chi connectivity index (χ0n) is 7.56. The number of hydrogen-bond donors (Lipinski definition) is 3. The van der Waals surface area contributed by atoms with Crippen LogP contribution in [0.2, 0.25) is 0 Å². The van der Waals surface area contributed by atoms with Crippen molar-refractivity contribution < 1.29 is 14.8 Å². The summed E-state index contributed by atoms with van der Waals surface area (Å²) in [6.07, 6.45) is 1.52. The summed E-state index contributed by atoms with van der Waals surface area (Å²) in [5, 5.41) is 18.1. The maximum Gasteiger partial charge on any atom is 0.492 e. The molecule has 3 N–H and O–H groups in total. The Morgan fingerprint density at radius 1 is 1.43 bits per heavy atom. The lowest BCUT2D eigenvalue weighted by Gasteiger charge is -1.99.